The van der Waals surface area contributed by atoms with Crippen LogP contribution in [0, 0.1) is 5.82 Å². The van der Waals surface area contributed by atoms with Gasteiger partial charge in [0.2, 0.25) is 5.95 Å². The van der Waals surface area contributed by atoms with Crippen molar-refractivity contribution in [2.45, 2.75) is 69.6 Å². The second kappa shape index (κ2) is 10.2. The lowest BCUT2D eigenvalue weighted by molar-refractivity contribution is -0.139. The molecule has 0 saturated heterocycles. The third-order valence-electron chi connectivity index (χ3n) is 6.51. The Balaban J connectivity index is 1.30. The molecule has 0 bridgehead atoms. The van der Waals surface area contributed by atoms with Crippen molar-refractivity contribution >= 4 is 23.5 Å². The smallest absolute Gasteiger partial charge is 0.362 e. The molecule has 1 aromatic carbocycles. The van der Waals surface area contributed by atoms with E-state index in [1.54, 1.807) is 0 Å². The molecule has 1 aromatic heterocycles. The highest BCUT2D eigenvalue weighted by atomic mass is 19.4. The van der Waals surface area contributed by atoms with Crippen molar-refractivity contribution in [3.63, 3.8) is 0 Å². The summed E-state index contributed by atoms with van der Waals surface area (Å²) in [7, 11) is 3.97. The number of carbonyl (C=O) groups is 1. The Hall–Kier alpha value is -3.11. The van der Waals surface area contributed by atoms with E-state index in [0.717, 1.165) is 56.1 Å². The summed E-state index contributed by atoms with van der Waals surface area (Å²) in [6.07, 6.45) is 2.38. The third kappa shape index (κ3) is 6.12. The number of benzene rings is 1. The molecule has 1 saturated carbocycles. The maximum absolute atomic E-state index is 13.4. The molecule has 2 amide bonds. The lowest BCUT2D eigenvalue weighted by Gasteiger charge is -2.30. The molecule has 0 radical (unpaired) electrons. The Kier molecular flexibility index (Phi) is 7.32. The van der Waals surface area contributed by atoms with Crippen molar-refractivity contribution in [1.29, 1.82) is 0 Å². The molecule has 35 heavy (non-hydrogen) atoms. The van der Waals surface area contributed by atoms with Crippen LogP contribution >= 0.6 is 0 Å². The highest BCUT2D eigenvalue weighted by molar-refractivity contribution is 5.89. The second-order valence-electron chi connectivity index (χ2n) is 9.38. The van der Waals surface area contributed by atoms with Crippen molar-refractivity contribution in [2.75, 3.05) is 29.6 Å². The summed E-state index contributed by atoms with van der Waals surface area (Å²) in [4.78, 5) is 23.8. The number of urea groups is 1. The van der Waals surface area contributed by atoms with E-state index in [0.29, 0.717) is 30.9 Å². The lowest BCUT2D eigenvalue weighted by Crippen LogP contribution is -2.42. The van der Waals surface area contributed by atoms with Crippen molar-refractivity contribution in [3.05, 3.63) is 40.8 Å². The standard InChI is InChI=1S/C24H30F4N6O/c1-34(2)21-17-5-3-4-6-20(17)32-22(33-21)29-14-7-9-15(10-8-14)30-23(35)31-16-11-12-19(25)18(13-16)24(26,27)28/h11-15H,3-10H2,1-2H3,(H,29,32,33)(H2,30,31,35). The summed E-state index contributed by atoms with van der Waals surface area (Å²) in [5.74, 6) is 0.203. The summed E-state index contributed by atoms with van der Waals surface area (Å²) in [5, 5.41) is 8.61. The molecule has 0 spiro atoms. The van der Waals surface area contributed by atoms with Crippen LogP contribution in [0.15, 0.2) is 18.2 Å². The van der Waals surface area contributed by atoms with Gasteiger partial charge in [-0.05, 0) is 69.6 Å². The van der Waals surface area contributed by atoms with Crippen molar-refractivity contribution < 1.29 is 22.4 Å². The molecule has 0 unspecified atom stereocenters. The third-order valence-corrected chi connectivity index (χ3v) is 6.51. The number of carbonyl (C=O) groups excluding carboxylic acids is 1. The fraction of sp³-hybridized carbons (Fsp3) is 0.542. The van der Waals surface area contributed by atoms with E-state index in [2.05, 4.69) is 16.0 Å². The quantitative estimate of drug-likeness (QED) is 0.503. The first-order valence-corrected chi connectivity index (χ1v) is 11.9. The maximum Gasteiger partial charge on any atom is 0.419 e. The second-order valence-corrected chi connectivity index (χ2v) is 9.38. The van der Waals surface area contributed by atoms with Gasteiger partial charge in [-0.25, -0.2) is 14.2 Å². The van der Waals surface area contributed by atoms with Crippen LogP contribution in [0.3, 0.4) is 0 Å². The molecule has 1 heterocycles. The van der Waals surface area contributed by atoms with Gasteiger partial charge in [0, 0.05) is 37.4 Å². The molecule has 2 aliphatic rings. The first kappa shape index (κ1) is 25.0. The van der Waals surface area contributed by atoms with Crippen LogP contribution in [0.25, 0.3) is 0 Å². The molecule has 2 aliphatic carbocycles. The molecular weight excluding hydrogens is 464 g/mol. The number of alkyl halides is 3. The summed E-state index contributed by atoms with van der Waals surface area (Å²) >= 11 is 0. The highest BCUT2D eigenvalue weighted by Gasteiger charge is 2.34. The Morgan fingerprint density at radius 3 is 2.40 bits per heavy atom. The Labute approximate surface area is 201 Å². The number of fused-ring (bicyclic) bond motifs is 1. The van der Waals surface area contributed by atoms with Crippen LogP contribution in [-0.4, -0.2) is 42.2 Å². The van der Waals surface area contributed by atoms with Crippen LogP contribution < -0.4 is 20.9 Å². The van der Waals surface area contributed by atoms with E-state index in [4.69, 9.17) is 9.97 Å². The fourth-order valence-electron chi connectivity index (χ4n) is 4.75. The van der Waals surface area contributed by atoms with Gasteiger partial charge in [-0.1, -0.05) is 0 Å². The molecule has 0 aliphatic heterocycles. The van der Waals surface area contributed by atoms with Crippen molar-refractivity contribution in [1.82, 2.24) is 15.3 Å². The average Bonchev–Trinajstić information content (AvgIpc) is 2.80. The van der Waals surface area contributed by atoms with E-state index >= 15 is 0 Å². The molecule has 1 fully saturated rings. The van der Waals surface area contributed by atoms with Gasteiger partial charge in [0.05, 0.1) is 11.3 Å². The minimum atomic E-state index is -4.83. The van der Waals surface area contributed by atoms with Gasteiger partial charge in [0.25, 0.3) is 0 Å². The number of halogens is 4. The molecule has 4 rings (SSSR count). The zero-order valence-corrected chi connectivity index (χ0v) is 19.8. The molecule has 2 aromatic rings. The van der Waals surface area contributed by atoms with E-state index in [1.807, 2.05) is 19.0 Å². The SMILES string of the molecule is CN(C)c1nc(NC2CCC(NC(=O)Nc3ccc(F)c(C(F)(F)F)c3)CC2)nc2c1CCCC2. The van der Waals surface area contributed by atoms with Gasteiger partial charge < -0.3 is 20.9 Å². The van der Waals surface area contributed by atoms with Crippen LogP contribution in [0.2, 0.25) is 0 Å². The Morgan fingerprint density at radius 1 is 1.03 bits per heavy atom. The number of hydrogen-bond acceptors (Lipinski definition) is 5. The lowest BCUT2D eigenvalue weighted by atomic mass is 9.91. The van der Waals surface area contributed by atoms with E-state index in [9.17, 15) is 22.4 Å². The van der Waals surface area contributed by atoms with Crippen molar-refractivity contribution in [3.8, 4) is 0 Å². The van der Waals surface area contributed by atoms with Crippen LogP contribution in [0.5, 0.6) is 0 Å². The highest BCUT2D eigenvalue weighted by Crippen LogP contribution is 2.33. The summed E-state index contributed by atoms with van der Waals surface area (Å²) in [6.45, 7) is 0. The summed E-state index contributed by atoms with van der Waals surface area (Å²) in [6, 6.07) is 1.83. The predicted octanol–water partition coefficient (Wildman–Crippen LogP) is 5.12. The van der Waals surface area contributed by atoms with Gasteiger partial charge in [0.15, 0.2) is 0 Å². The normalized spacial score (nSPS) is 20.1. The van der Waals surface area contributed by atoms with Crippen LogP contribution in [-0.2, 0) is 19.0 Å². The van der Waals surface area contributed by atoms with Gasteiger partial charge in [-0.15, -0.1) is 0 Å². The van der Waals surface area contributed by atoms with E-state index < -0.39 is 23.6 Å². The molecule has 11 heteroatoms. The van der Waals surface area contributed by atoms with Gasteiger partial charge >= 0.3 is 12.2 Å². The first-order valence-electron chi connectivity index (χ1n) is 11.9. The number of hydrogen-bond donors (Lipinski definition) is 3. The van der Waals surface area contributed by atoms with Crippen molar-refractivity contribution in [2.24, 2.45) is 0 Å². The number of amides is 2. The zero-order valence-electron chi connectivity index (χ0n) is 19.8. The molecule has 190 valence electrons. The first-order chi connectivity index (χ1) is 16.6. The minimum absolute atomic E-state index is 0.114. The number of nitrogens with one attached hydrogen (secondary N) is 3. The molecule has 7 nitrogen and oxygen atoms in total. The fourth-order valence-corrected chi connectivity index (χ4v) is 4.75. The average molecular weight is 495 g/mol. The Morgan fingerprint density at radius 2 is 1.71 bits per heavy atom. The summed E-state index contributed by atoms with van der Waals surface area (Å²) < 4.78 is 52.1. The molecule has 3 N–H and O–H groups in total. The number of anilines is 3. The number of aromatic nitrogens is 2. The number of rotatable bonds is 5. The largest absolute Gasteiger partial charge is 0.419 e. The van der Waals surface area contributed by atoms with Crippen LogP contribution in [0.1, 0.15) is 55.3 Å². The summed E-state index contributed by atoms with van der Waals surface area (Å²) in [5.41, 5.74) is 0.810. The molecule has 0 atom stereocenters. The maximum atomic E-state index is 13.4. The molecular formula is C24H30F4N6O. The van der Waals surface area contributed by atoms with E-state index in [1.165, 1.54) is 5.56 Å². The zero-order chi connectivity index (χ0) is 25.2. The minimum Gasteiger partial charge on any atom is -0.362 e. The predicted molar refractivity (Wildman–Crippen MR) is 126 cm³/mol. The van der Waals surface area contributed by atoms with Gasteiger partial charge in [-0.3, -0.25) is 0 Å². The number of nitrogens with zero attached hydrogens (tertiary/aromatic N) is 3. The van der Waals surface area contributed by atoms with Gasteiger partial charge in [-0.2, -0.15) is 18.2 Å². The monoisotopic (exact) mass is 494 g/mol. The van der Waals surface area contributed by atoms with E-state index in [-0.39, 0.29) is 17.8 Å². The number of aryl methyl sites for hydroxylation is 1. The van der Waals surface area contributed by atoms with Gasteiger partial charge in [0.1, 0.15) is 11.6 Å². The Bertz CT molecular complexity index is 1070. The topological polar surface area (TPSA) is 82.2 Å². The van der Waals surface area contributed by atoms with Crippen LogP contribution in [0.4, 0.5) is 39.8 Å².